The number of carbonyl (C=O) groups excluding carboxylic acids is 1. The van der Waals surface area contributed by atoms with Crippen molar-refractivity contribution >= 4 is 45.2 Å². The minimum absolute atomic E-state index is 0.112. The molecule has 1 heterocycles. The molecular formula is C11H9Cl2NO6S. The number of esters is 1. The van der Waals surface area contributed by atoms with Crippen LogP contribution in [0.5, 0.6) is 0 Å². The molecule has 2 rings (SSSR count). The SMILES string of the molecule is O=C(O)c1c(Cl)ccc(S(=O)(=O)NC2CCOC2=O)c1Cl. The molecule has 1 aromatic rings. The zero-order chi connectivity index (χ0) is 15.8. The van der Waals surface area contributed by atoms with Crippen molar-refractivity contribution in [3.05, 3.63) is 27.7 Å². The Bertz CT molecular complexity index is 718. The van der Waals surface area contributed by atoms with Crippen LogP contribution in [0.2, 0.25) is 10.0 Å². The average molecular weight is 354 g/mol. The second kappa shape index (κ2) is 5.80. The number of benzene rings is 1. The fourth-order valence-corrected chi connectivity index (χ4v) is 3.93. The summed E-state index contributed by atoms with van der Waals surface area (Å²) in [6, 6.07) is 1.16. The minimum Gasteiger partial charge on any atom is -0.478 e. The van der Waals surface area contributed by atoms with Crippen LogP contribution in [0.15, 0.2) is 17.0 Å². The molecule has 1 atom stereocenters. The van der Waals surface area contributed by atoms with Gasteiger partial charge in [-0.1, -0.05) is 23.2 Å². The van der Waals surface area contributed by atoms with Crippen molar-refractivity contribution in [3.8, 4) is 0 Å². The van der Waals surface area contributed by atoms with E-state index in [0.717, 1.165) is 12.1 Å². The number of hydrogen-bond donors (Lipinski definition) is 2. The van der Waals surface area contributed by atoms with Crippen molar-refractivity contribution in [3.63, 3.8) is 0 Å². The molecule has 0 amide bonds. The number of halogens is 2. The molecular weight excluding hydrogens is 345 g/mol. The van der Waals surface area contributed by atoms with Crippen molar-refractivity contribution in [1.82, 2.24) is 4.72 Å². The standard InChI is InChI=1S/C11H9Cl2NO6S/c12-5-1-2-7(9(13)8(5)10(15)16)21(18,19)14-6-3-4-20-11(6)17/h1-2,6,14H,3-4H2,(H,15,16). The second-order valence-corrected chi connectivity index (χ2v) is 6.64. The molecule has 7 nitrogen and oxygen atoms in total. The quantitative estimate of drug-likeness (QED) is 0.789. The predicted octanol–water partition coefficient (Wildman–Crippen LogP) is 1.29. The normalized spacial score (nSPS) is 18.6. The van der Waals surface area contributed by atoms with Crippen LogP contribution in [0.25, 0.3) is 0 Å². The van der Waals surface area contributed by atoms with E-state index in [4.69, 9.17) is 28.3 Å². The van der Waals surface area contributed by atoms with Gasteiger partial charge in [0, 0.05) is 6.42 Å². The topological polar surface area (TPSA) is 110 Å². The number of ether oxygens (including phenoxy) is 1. The highest BCUT2D eigenvalue weighted by Crippen LogP contribution is 2.31. The molecule has 0 saturated carbocycles. The van der Waals surface area contributed by atoms with E-state index in [2.05, 4.69) is 9.46 Å². The molecule has 21 heavy (non-hydrogen) atoms. The summed E-state index contributed by atoms with van der Waals surface area (Å²) in [6.07, 6.45) is 0.190. The van der Waals surface area contributed by atoms with E-state index in [0.29, 0.717) is 0 Å². The van der Waals surface area contributed by atoms with E-state index in [-0.39, 0.29) is 18.1 Å². The van der Waals surface area contributed by atoms with Crippen molar-refractivity contribution in [1.29, 1.82) is 0 Å². The molecule has 1 aromatic carbocycles. The van der Waals surface area contributed by atoms with Crippen LogP contribution >= 0.6 is 23.2 Å². The fraction of sp³-hybridized carbons (Fsp3) is 0.273. The van der Waals surface area contributed by atoms with Crippen molar-refractivity contribution in [2.75, 3.05) is 6.61 Å². The van der Waals surface area contributed by atoms with Crippen LogP contribution in [0, 0.1) is 0 Å². The molecule has 0 bridgehead atoms. The largest absolute Gasteiger partial charge is 0.478 e. The predicted molar refractivity (Wildman–Crippen MR) is 73.1 cm³/mol. The fourth-order valence-electron chi connectivity index (χ4n) is 1.79. The third-order valence-electron chi connectivity index (χ3n) is 2.79. The number of rotatable bonds is 4. The van der Waals surface area contributed by atoms with Crippen molar-refractivity contribution < 1.29 is 27.9 Å². The summed E-state index contributed by atoms with van der Waals surface area (Å²) in [7, 11) is -4.18. The van der Waals surface area contributed by atoms with Gasteiger partial charge < -0.3 is 9.84 Å². The summed E-state index contributed by atoms with van der Waals surface area (Å²) in [4.78, 5) is 21.9. The number of nitrogens with one attached hydrogen (secondary N) is 1. The summed E-state index contributed by atoms with van der Waals surface area (Å²) in [6.45, 7) is 0.112. The third kappa shape index (κ3) is 3.13. The van der Waals surface area contributed by atoms with Gasteiger partial charge in [-0.05, 0) is 12.1 Å². The Morgan fingerprint density at radius 2 is 2.05 bits per heavy atom. The van der Waals surface area contributed by atoms with Crippen LogP contribution in [0.4, 0.5) is 0 Å². The maximum Gasteiger partial charge on any atom is 0.338 e. The molecule has 2 N–H and O–H groups in total. The lowest BCUT2D eigenvalue weighted by Gasteiger charge is -2.12. The Labute approximate surface area is 129 Å². The lowest BCUT2D eigenvalue weighted by molar-refractivity contribution is -0.139. The molecule has 1 saturated heterocycles. The molecule has 1 aliphatic heterocycles. The maximum absolute atomic E-state index is 12.2. The van der Waals surface area contributed by atoms with E-state index in [1.165, 1.54) is 0 Å². The molecule has 0 aliphatic carbocycles. The lowest BCUT2D eigenvalue weighted by Crippen LogP contribution is -2.38. The molecule has 1 aliphatic rings. The van der Waals surface area contributed by atoms with E-state index >= 15 is 0 Å². The smallest absolute Gasteiger partial charge is 0.338 e. The molecule has 1 unspecified atom stereocenters. The van der Waals surface area contributed by atoms with E-state index in [9.17, 15) is 18.0 Å². The summed E-state index contributed by atoms with van der Waals surface area (Å²) in [5, 5.41) is 8.30. The summed E-state index contributed by atoms with van der Waals surface area (Å²) in [5.74, 6) is -2.15. The Hall–Kier alpha value is -1.35. The summed E-state index contributed by atoms with van der Waals surface area (Å²) in [5.41, 5.74) is -0.518. The minimum atomic E-state index is -4.18. The van der Waals surface area contributed by atoms with E-state index in [1.807, 2.05) is 0 Å². The second-order valence-electron chi connectivity index (χ2n) is 4.17. The molecule has 0 radical (unpaired) electrons. The molecule has 114 valence electrons. The Kier molecular flexibility index (Phi) is 4.43. The number of carboxylic acid groups (broad SMARTS) is 1. The Morgan fingerprint density at radius 3 is 2.57 bits per heavy atom. The van der Waals surface area contributed by atoms with Gasteiger partial charge in [0.25, 0.3) is 0 Å². The summed E-state index contributed by atoms with van der Waals surface area (Å²) < 4.78 is 31.2. The first kappa shape index (κ1) is 16.0. The van der Waals surface area contributed by atoms with Gasteiger partial charge >= 0.3 is 11.9 Å². The van der Waals surface area contributed by atoms with Crippen molar-refractivity contribution in [2.24, 2.45) is 0 Å². The highest BCUT2D eigenvalue weighted by Gasteiger charge is 2.33. The summed E-state index contributed by atoms with van der Waals surface area (Å²) >= 11 is 11.5. The van der Waals surface area contributed by atoms with Gasteiger partial charge in [-0.15, -0.1) is 0 Å². The van der Waals surface area contributed by atoms with Gasteiger partial charge in [-0.2, -0.15) is 4.72 Å². The molecule has 1 fully saturated rings. The molecule has 10 heteroatoms. The van der Waals surface area contributed by atoms with Gasteiger partial charge in [0.2, 0.25) is 10.0 Å². The van der Waals surface area contributed by atoms with E-state index < -0.39 is 43.5 Å². The number of sulfonamides is 1. The number of carbonyl (C=O) groups is 2. The zero-order valence-electron chi connectivity index (χ0n) is 10.3. The monoisotopic (exact) mass is 353 g/mol. The first-order chi connectivity index (χ1) is 9.74. The number of aromatic carboxylic acids is 1. The number of carboxylic acids is 1. The Balaban J connectivity index is 2.43. The van der Waals surface area contributed by atoms with Crippen molar-refractivity contribution in [2.45, 2.75) is 17.4 Å². The average Bonchev–Trinajstić information content (AvgIpc) is 2.73. The van der Waals surface area contributed by atoms with Crippen LogP contribution in [-0.2, 0) is 19.6 Å². The van der Waals surface area contributed by atoms with Gasteiger partial charge in [0.05, 0.1) is 22.2 Å². The van der Waals surface area contributed by atoms with E-state index in [1.54, 1.807) is 0 Å². The zero-order valence-corrected chi connectivity index (χ0v) is 12.6. The first-order valence-electron chi connectivity index (χ1n) is 5.64. The maximum atomic E-state index is 12.2. The lowest BCUT2D eigenvalue weighted by atomic mass is 10.2. The van der Waals surface area contributed by atoms with Crippen LogP contribution in [0.3, 0.4) is 0 Å². The third-order valence-corrected chi connectivity index (χ3v) is 5.13. The van der Waals surface area contributed by atoms with Crippen LogP contribution in [-0.4, -0.2) is 38.1 Å². The highest BCUT2D eigenvalue weighted by molar-refractivity contribution is 7.89. The van der Waals surface area contributed by atoms with Crippen LogP contribution < -0.4 is 4.72 Å². The first-order valence-corrected chi connectivity index (χ1v) is 7.88. The number of hydrogen-bond acceptors (Lipinski definition) is 5. The van der Waals surface area contributed by atoms with Gasteiger partial charge in [0.15, 0.2) is 0 Å². The Morgan fingerprint density at radius 1 is 1.38 bits per heavy atom. The van der Waals surface area contributed by atoms with Gasteiger partial charge in [-0.3, -0.25) is 4.79 Å². The molecule has 0 spiro atoms. The van der Waals surface area contributed by atoms with Crippen LogP contribution in [0.1, 0.15) is 16.8 Å². The molecule has 0 aromatic heterocycles. The van der Waals surface area contributed by atoms with Gasteiger partial charge in [-0.25, -0.2) is 13.2 Å². The highest BCUT2D eigenvalue weighted by atomic mass is 35.5. The number of cyclic esters (lactones) is 1. The van der Waals surface area contributed by atoms with Gasteiger partial charge in [0.1, 0.15) is 10.9 Å².